The van der Waals surface area contributed by atoms with Gasteiger partial charge in [-0.05, 0) is 73.0 Å². The van der Waals surface area contributed by atoms with E-state index < -0.39 is 28.4 Å². The summed E-state index contributed by atoms with van der Waals surface area (Å²) >= 11 is 0. The van der Waals surface area contributed by atoms with Gasteiger partial charge in [0.05, 0.1) is 16.8 Å². The first kappa shape index (κ1) is 25.4. The Labute approximate surface area is 204 Å². The smallest absolute Gasteiger partial charge is 0.264 e. The fraction of sp³-hybridized carbons (Fsp3) is 0.160. The van der Waals surface area contributed by atoms with Crippen LogP contribution < -0.4 is 20.2 Å². The molecule has 0 unspecified atom stereocenters. The Bertz CT molecular complexity index is 1320. The molecule has 0 radical (unpaired) electrons. The summed E-state index contributed by atoms with van der Waals surface area (Å²) < 4.78 is 33.1. The number of carbonyl (C=O) groups excluding carboxylic acids is 2. The molecule has 0 saturated carbocycles. The minimum Gasteiger partial charge on any atom is -0.484 e. The molecule has 35 heavy (non-hydrogen) atoms. The molecule has 10 heteroatoms. The normalized spacial score (nSPS) is 11.3. The molecule has 0 atom stereocenters. The van der Waals surface area contributed by atoms with Crippen LogP contribution >= 0.6 is 0 Å². The highest BCUT2D eigenvalue weighted by Crippen LogP contribution is 2.27. The Morgan fingerprint density at radius 2 is 1.71 bits per heavy atom. The largest absolute Gasteiger partial charge is 0.484 e. The van der Waals surface area contributed by atoms with E-state index in [0.29, 0.717) is 22.6 Å². The molecule has 3 aromatic carbocycles. The number of sulfonamides is 1. The van der Waals surface area contributed by atoms with E-state index in [1.807, 2.05) is 19.1 Å². The van der Waals surface area contributed by atoms with Crippen molar-refractivity contribution >= 4 is 33.7 Å². The van der Waals surface area contributed by atoms with Gasteiger partial charge in [0, 0.05) is 0 Å². The molecule has 0 aliphatic heterocycles. The molecule has 0 aromatic heterocycles. The summed E-state index contributed by atoms with van der Waals surface area (Å²) in [7, 11) is -4.01. The molecule has 0 bridgehead atoms. The van der Waals surface area contributed by atoms with Crippen molar-refractivity contribution in [1.82, 2.24) is 5.43 Å². The Morgan fingerprint density at radius 3 is 2.37 bits per heavy atom. The minimum atomic E-state index is -4.01. The molecular formula is C25H26N4O5S. The van der Waals surface area contributed by atoms with Crippen LogP contribution in [0.25, 0.3) is 0 Å². The average Bonchev–Trinajstić information content (AvgIpc) is 2.84. The van der Waals surface area contributed by atoms with Crippen LogP contribution in [-0.4, -0.2) is 39.6 Å². The number of nitrogens with two attached hydrogens (primary N) is 1. The molecule has 0 fully saturated rings. The third kappa shape index (κ3) is 6.90. The predicted molar refractivity (Wildman–Crippen MR) is 134 cm³/mol. The number of amides is 2. The molecule has 0 saturated heterocycles. The average molecular weight is 495 g/mol. The van der Waals surface area contributed by atoms with Crippen molar-refractivity contribution in [2.24, 2.45) is 10.8 Å². The molecule has 3 N–H and O–H groups in total. The molecule has 0 spiro atoms. The summed E-state index contributed by atoms with van der Waals surface area (Å²) in [5, 5.41) is 3.93. The van der Waals surface area contributed by atoms with E-state index in [1.165, 1.54) is 18.3 Å². The third-order valence-electron chi connectivity index (χ3n) is 4.92. The quantitative estimate of drug-likeness (QED) is 0.330. The number of carbonyl (C=O) groups is 2. The van der Waals surface area contributed by atoms with Crippen molar-refractivity contribution in [3.8, 4) is 5.75 Å². The lowest BCUT2D eigenvalue weighted by molar-refractivity contribution is -0.120. The zero-order valence-corrected chi connectivity index (χ0v) is 20.2. The van der Waals surface area contributed by atoms with Gasteiger partial charge in [-0.2, -0.15) is 5.10 Å². The van der Waals surface area contributed by atoms with E-state index in [4.69, 9.17) is 10.5 Å². The molecular weight excluding hydrogens is 468 g/mol. The van der Waals surface area contributed by atoms with E-state index in [1.54, 1.807) is 55.5 Å². The van der Waals surface area contributed by atoms with Gasteiger partial charge in [0.2, 0.25) is 0 Å². The summed E-state index contributed by atoms with van der Waals surface area (Å²) in [6.07, 6.45) is 1.41. The minimum absolute atomic E-state index is 0.0795. The fourth-order valence-electron chi connectivity index (χ4n) is 3.16. The van der Waals surface area contributed by atoms with Crippen molar-refractivity contribution in [3.05, 3.63) is 89.5 Å². The summed E-state index contributed by atoms with van der Waals surface area (Å²) in [6, 6.07) is 20.0. The highest BCUT2D eigenvalue weighted by Gasteiger charge is 2.28. The number of hydrazone groups is 1. The summed E-state index contributed by atoms with van der Waals surface area (Å²) in [6.45, 7) is 2.95. The number of rotatable bonds is 10. The van der Waals surface area contributed by atoms with E-state index in [-0.39, 0.29) is 11.5 Å². The lowest BCUT2D eigenvalue weighted by atomic mass is 10.1. The number of nitrogens with zero attached hydrogens (tertiary/aromatic N) is 2. The lowest BCUT2D eigenvalue weighted by Crippen LogP contribution is -2.40. The zero-order valence-electron chi connectivity index (χ0n) is 19.3. The highest BCUT2D eigenvalue weighted by molar-refractivity contribution is 7.92. The van der Waals surface area contributed by atoms with Gasteiger partial charge in [-0.3, -0.25) is 13.9 Å². The van der Waals surface area contributed by atoms with E-state index in [0.717, 1.165) is 9.87 Å². The van der Waals surface area contributed by atoms with Crippen molar-refractivity contribution in [2.45, 2.75) is 18.7 Å². The van der Waals surface area contributed by atoms with Crippen LogP contribution in [0.5, 0.6) is 5.75 Å². The van der Waals surface area contributed by atoms with Gasteiger partial charge >= 0.3 is 0 Å². The van der Waals surface area contributed by atoms with Crippen molar-refractivity contribution in [1.29, 1.82) is 0 Å². The molecule has 3 aromatic rings. The van der Waals surface area contributed by atoms with Gasteiger partial charge in [0.1, 0.15) is 12.3 Å². The van der Waals surface area contributed by atoms with Gasteiger partial charge in [0.15, 0.2) is 6.61 Å². The molecule has 0 aliphatic rings. The molecule has 0 heterocycles. The monoisotopic (exact) mass is 494 g/mol. The number of primary amides is 1. The SMILES string of the molecule is Cc1ccc(C)c(N(CC(=O)NN=Cc2ccc(OCC(N)=O)cc2)S(=O)(=O)c2ccccc2)c1. The number of ether oxygens (including phenoxy) is 1. The van der Waals surface area contributed by atoms with Crippen molar-refractivity contribution in [2.75, 3.05) is 17.5 Å². The van der Waals surface area contributed by atoms with E-state index in [2.05, 4.69) is 10.5 Å². The predicted octanol–water partition coefficient (Wildman–Crippen LogP) is 2.51. The van der Waals surface area contributed by atoms with Crippen LogP contribution in [0, 0.1) is 13.8 Å². The summed E-state index contributed by atoms with van der Waals surface area (Å²) in [5.41, 5.74) is 10.1. The third-order valence-corrected chi connectivity index (χ3v) is 6.69. The van der Waals surface area contributed by atoms with Crippen LogP contribution in [0.3, 0.4) is 0 Å². The first-order valence-electron chi connectivity index (χ1n) is 10.6. The Morgan fingerprint density at radius 1 is 1.03 bits per heavy atom. The summed E-state index contributed by atoms with van der Waals surface area (Å²) in [5.74, 6) is -0.731. The number of hydrogen-bond acceptors (Lipinski definition) is 6. The number of anilines is 1. The zero-order chi connectivity index (χ0) is 25.4. The van der Waals surface area contributed by atoms with Crippen LogP contribution in [-0.2, 0) is 19.6 Å². The molecule has 9 nitrogen and oxygen atoms in total. The Kier molecular flexibility index (Phi) is 8.21. The van der Waals surface area contributed by atoms with Crippen LogP contribution in [0.4, 0.5) is 5.69 Å². The maximum Gasteiger partial charge on any atom is 0.264 e. The topological polar surface area (TPSA) is 131 Å². The lowest BCUT2D eigenvalue weighted by Gasteiger charge is -2.25. The van der Waals surface area contributed by atoms with Gasteiger partial charge in [-0.25, -0.2) is 13.8 Å². The number of benzene rings is 3. The van der Waals surface area contributed by atoms with E-state index in [9.17, 15) is 18.0 Å². The highest BCUT2D eigenvalue weighted by atomic mass is 32.2. The fourth-order valence-corrected chi connectivity index (χ4v) is 4.66. The number of nitrogens with one attached hydrogen (secondary N) is 1. The van der Waals surface area contributed by atoms with Crippen LogP contribution in [0.2, 0.25) is 0 Å². The second-order valence-corrected chi connectivity index (χ2v) is 9.59. The second kappa shape index (κ2) is 11.3. The standard InChI is InChI=1S/C25H26N4O5S/c1-18-8-9-19(2)23(14-18)29(35(32,33)22-6-4-3-5-7-22)16-25(31)28-27-15-20-10-12-21(13-11-20)34-17-24(26)30/h3-15H,16-17H2,1-2H3,(H2,26,30)(H,28,31). The number of hydrogen-bond donors (Lipinski definition) is 2. The van der Waals surface area contributed by atoms with Gasteiger partial charge in [0.25, 0.3) is 21.8 Å². The molecule has 2 amide bonds. The molecule has 3 rings (SSSR count). The Hall–Kier alpha value is -4.18. The van der Waals surface area contributed by atoms with Gasteiger partial charge in [-0.1, -0.05) is 30.3 Å². The Balaban J connectivity index is 1.76. The van der Waals surface area contributed by atoms with Crippen LogP contribution in [0.1, 0.15) is 16.7 Å². The van der Waals surface area contributed by atoms with Gasteiger partial charge < -0.3 is 10.5 Å². The second-order valence-electron chi connectivity index (χ2n) is 7.73. The molecule has 0 aliphatic carbocycles. The first-order valence-corrected chi connectivity index (χ1v) is 12.1. The van der Waals surface area contributed by atoms with Crippen LogP contribution in [0.15, 0.2) is 82.8 Å². The van der Waals surface area contributed by atoms with Crippen molar-refractivity contribution in [3.63, 3.8) is 0 Å². The number of aryl methyl sites for hydroxylation is 2. The van der Waals surface area contributed by atoms with Crippen molar-refractivity contribution < 1.29 is 22.7 Å². The maximum atomic E-state index is 13.4. The van der Waals surface area contributed by atoms with Gasteiger partial charge in [-0.15, -0.1) is 0 Å². The first-order chi connectivity index (χ1) is 16.7. The van der Waals surface area contributed by atoms with E-state index >= 15 is 0 Å². The maximum absolute atomic E-state index is 13.4. The molecule has 182 valence electrons. The summed E-state index contributed by atoms with van der Waals surface area (Å²) in [4.78, 5) is 23.6.